The van der Waals surface area contributed by atoms with Crippen molar-refractivity contribution in [3.8, 4) is 0 Å². The molecule has 1 heterocycles. The van der Waals surface area contributed by atoms with Crippen LogP contribution in [0.3, 0.4) is 0 Å². The number of benzene rings is 1. The smallest absolute Gasteiger partial charge is 0.309 e. The van der Waals surface area contributed by atoms with Gasteiger partial charge in [0, 0.05) is 11.8 Å². The number of nitro groups is 1. The molecular formula is C10H10N4O5S. The number of anilines is 2. The van der Waals surface area contributed by atoms with E-state index in [9.17, 15) is 18.5 Å². The van der Waals surface area contributed by atoms with Crippen molar-refractivity contribution in [2.75, 3.05) is 10.5 Å². The minimum atomic E-state index is -4.23. The molecule has 0 aliphatic rings. The number of nitro benzene ring substituents is 1. The summed E-state index contributed by atoms with van der Waals surface area (Å²) in [6.07, 6.45) is 1.24. The monoisotopic (exact) mass is 298 g/mol. The fourth-order valence-electron chi connectivity index (χ4n) is 1.47. The maximum Gasteiger partial charge on any atom is 0.309 e. The molecule has 106 valence electrons. The molecule has 0 atom stereocenters. The quantitative estimate of drug-likeness (QED) is 0.491. The molecule has 0 radical (unpaired) electrons. The van der Waals surface area contributed by atoms with Gasteiger partial charge in [-0.25, -0.2) is 13.1 Å². The Morgan fingerprint density at radius 3 is 2.70 bits per heavy atom. The first-order valence-electron chi connectivity index (χ1n) is 5.28. The van der Waals surface area contributed by atoms with Gasteiger partial charge in [-0.05, 0) is 19.1 Å². The second-order valence-corrected chi connectivity index (χ2v) is 5.53. The highest BCUT2D eigenvalue weighted by Crippen LogP contribution is 2.27. The number of nitrogens with one attached hydrogen (secondary N) is 1. The van der Waals surface area contributed by atoms with Crippen molar-refractivity contribution in [1.29, 1.82) is 0 Å². The minimum absolute atomic E-state index is 0.0829. The lowest BCUT2D eigenvalue weighted by molar-refractivity contribution is -0.387. The third kappa shape index (κ3) is 2.69. The number of rotatable bonds is 4. The molecule has 0 unspecified atom stereocenters. The Bertz CT molecular complexity index is 768. The molecule has 0 bridgehead atoms. The summed E-state index contributed by atoms with van der Waals surface area (Å²) in [6.45, 7) is 1.60. The van der Waals surface area contributed by atoms with Crippen LogP contribution in [0.4, 0.5) is 17.4 Å². The van der Waals surface area contributed by atoms with Crippen LogP contribution in [0.5, 0.6) is 0 Å². The summed E-state index contributed by atoms with van der Waals surface area (Å²) in [5.74, 6) is 0. The molecule has 1 aromatic carbocycles. The normalized spacial score (nSPS) is 11.2. The molecule has 1 aromatic heterocycles. The highest BCUT2D eigenvalue weighted by Gasteiger charge is 2.27. The molecule has 10 heteroatoms. The molecule has 0 aliphatic carbocycles. The predicted octanol–water partition coefficient (Wildman–Crippen LogP) is 1.27. The number of nitrogen functional groups attached to an aromatic ring is 1. The zero-order chi connectivity index (χ0) is 14.9. The van der Waals surface area contributed by atoms with Crippen LogP contribution in [0.2, 0.25) is 0 Å². The zero-order valence-electron chi connectivity index (χ0n) is 10.2. The lowest BCUT2D eigenvalue weighted by atomic mass is 10.3. The maximum absolute atomic E-state index is 12.1. The Morgan fingerprint density at radius 1 is 1.45 bits per heavy atom. The first-order valence-corrected chi connectivity index (χ1v) is 6.77. The van der Waals surface area contributed by atoms with Gasteiger partial charge >= 0.3 is 6.01 Å². The van der Waals surface area contributed by atoms with E-state index < -0.39 is 25.5 Å². The van der Waals surface area contributed by atoms with Crippen LogP contribution in [0.1, 0.15) is 5.69 Å². The van der Waals surface area contributed by atoms with Crippen molar-refractivity contribution < 1.29 is 17.8 Å². The molecule has 0 aliphatic heterocycles. The molecule has 9 nitrogen and oxygen atoms in total. The summed E-state index contributed by atoms with van der Waals surface area (Å²) in [7, 11) is -4.23. The first-order chi connectivity index (χ1) is 9.29. The van der Waals surface area contributed by atoms with E-state index in [1.54, 1.807) is 6.92 Å². The van der Waals surface area contributed by atoms with Crippen molar-refractivity contribution >= 4 is 27.4 Å². The summed E-state index contributed by atoms with van der Waals surface area (Å²) in [5.41, 5.74) is 5.43. The number of aryl methyl sites for hydroxylation is 1. The Kier molecular flexibility index (Phi) is 3.32. The summed E-state index contributed by atoms with van der Waals surface area (Å²) >= 11 is 0. The first kappa shape index (κ1) is 13.8. The second kappa shape index (κ2) is 4.81. The van der Waals surface area contributed by atoms with Crippen molar-refractivity contribution in [3.05, 3.63) is 40.3 Å². The number of aromatic nitrogens is 1. The maximum atomic E-state index is 12.1. The van der Waals surface area contributed by atoms with Crippen molar-refractivity contribution in [1.82, 2.24) is 4.98 Å². The van der Waals surface area contributed by atoms with Gasteiger partial charge in [-0.15, -0.1) is 0 Å². The Labute approximate surface area is 113 Å². The van der Waals surface area contributed by atoms with Crippen LogP contribution in [0, 0.1) is 17.0 Å². The van der Waals surface area contributed by atoms with Gasteiger partial charge in [-0.2, -0.15) is 4.98 Å². The van der Waals surface area contributed by atoms with Crippen LogP contribution in [-0.4, -0.2) is 18.3 Å². The van der Waals surface area contributed by atoms with Crippen molar-refractivity contribution in [2.24, 2.45) is 0 Å². The van der Waals surface area contributed by atoms with Gasteiger partial charge in [0.1, 0.15) is 6.26 Å². The standard InChI is InChI=1S/C10H10N4O5S/c1-6-5-19-10(12-6)13-20(17,18)9-4-7(11)2-3-8(9)14(15)16/h2-5H,11H2,1H3,(H,12,13). The van der Waals surface area contributed by atoms with Crippen LogP contribution >= 0.6 is 0 Å². The van der Waals surface area contributed by atoms with Crippen LogP contribution < -0.4 is 10.5 Å². The number of hydrogen-bond acceptors (Lipinski definition) is 7. The molecule has 0 fully saturated rings. The highest BCUT2D eigenvalue weighted by atomic mass is 32.2. The fourth-order valence-corrected chi connectivity index (χ4v) is 2.61. The van der Waals surface area contributed by atoms with Gasteiger partial charge in [-0.3, -0.25) is 10.1 Å². The van der Waals surface area contributed by atoms with Crippen LogP contribution in [-0.2, 0) is 10.0 Å². The third-order valence-electron chi connectivity index (χ3n) is 2.31. The molecular weight excluding hydrogens is 288 g/mol. The Hall–Kier alpha value is -2.62. The Balaban J connectivity index is 2.48. The van der Waals surface area contributed by atoms with E-state index in [0.717, 1.165) is 12.1 Å². The molecule has 20 heavy (non-hydrogen) atoms. The van der Waals surface area contributed by atoms with E-state index in [4.69, 9.17) is 10.2 Å². The van der Waals surface area contributed by atoms with Gasteiger partial charge in [0.2, 0.25) is 0 Å². The lowest BCUT2D eigenvalue weighted by Gasteiger charge is -2.06. The fraction of sp³-hybridized carbons (Fsp3) is 0.100. The number of nitrogens with zero attached hydrogens (tertiary/aromatic N) is 2. The number of sulfonamides is 1. The molecule has 2 rings (SSSR count). The molecule has 0 saturated carbocycles. The van der Waals surface area contributed by atoms with E-state index in [1.165, 1.54) is 12.3 Å². The number of hydrogen-bond donors (Lipinski definition) is 2. The van der Waals surface area contributed by atoms with E-state index in [1.807, 2.05) is 4.72 Å². The molecule has 0 spiro atoms. The van der Waals surface area contributed by atoms with Gasteiger partial charge in [-0.1, -0.05) is 0 Å². The molecule has 0 saturated heterocycles. The molecule has 2 aromatic rings. The average Bonchev–Trinajstić information content (AvgIpc) is 2.73. The predicted molar refractivity (Wildman–Crippen MR) is 69.6 cm³/mol. The Morgan fingerprint density at radius 2 is 2.15 bits per heavy atom. The average molecular weight is 298 g/mol. The summed E-state index contributed by atoms with van der Waals surface area (Å²) < 4.78 is 31.1. The van der Waals surface area contributed by atoms with Gasteiger partial charge in [0.15, 0.2) is 4.90 Å². The van der Waals surface area contributed by atoms with Crippen LogP contribution in [0.25, 0.3) is 0 Å². The SMILES string of the molecule is Cc1coc(NS(=O)(=O)c2cc(N)ccc2[N+](=O)[O-])n1. The van der Waals surface area contributed by atoms with E-state index in [0.29, 0.717) is 5.69 Å². The summed E-state index contributed by atoms with van der Waals surface area (Å²) in [6, 6.07) is 2.98. The summed E-state index contributed by atoms with van der Waals surface area (Å²) in [4.78, 5) is 13.3. The van der Waals surface area contributed by atoms with Crippen molar-refractivity contribution in [3.63, 3.8) is 0 Å². The molecule has 0 amide bonds. The number of oxazole rings is 1. The van der Waals surface area contributed by atoms with Gasteiger partial charge in [0.05, 0.1) is 10.6 Å². The van der Waals surface area contributed by atoms with Gasteiger partial charge in [0.25, 0.3) is 15.7 Å². The highest BCUT2D eigenvalue weighted by molar-refractivity contribution is 7.92. The topological polar surface area (TPSA) is 141 Å². The minimum Gasteiger partial charge on any atom is -0.431 e. The van der Waals surface area contributed by atoms with E-state index >= 15 is 0 Å². The van der Waals surface area contributed by atoms with Gasteiger partial charge < -0.3 is 10.2 Å². The van der Waals surface area contributed by atoms with Crippen molar-refractivity contribution in [2.45, 2.75) is 11.8 Å². The van der Waals surface area contributed by atoms with E-state index in [-0.39, 0.29) is 11.7 Å². The lowest BCUT2D eigenvalue weighted by Crippen LogP contribution is -2.15. The van der Waals surface area contributed by atoms with E-state index in [2.05, 4.69) is 4.98 Å². The molecule has 3 N–H and O–H groups in total. The zero-order valence-corrected chi connectivity index (χ0v) is 11.0. The van der Waals surface area contributed by atoms with Crippen LogP contribution in [0.15, 0.2) is 33.8 Å². The number of nitrogens with two attached hydrogens (primary N) is 1. The third-order valence-corrected chi connectivity index (χ3v) is 3.66. The summed E-state index contributed by atoms with van der Waals surface area (Å²) in [5, 5.41) is 10.9. The second-order valence-electron chi connectivity index (χ2n) is 3.88. The largest absolute Gasteiger partial charge is 0.431 e.